The van der Waals surface area contributed by atoms with Crippen molar-refractivity contribution in [2.24, 2.45) is 0 Å². The van der Waals surface area contributed by atoms with E-state index in [9.17, 15) is 5.11 Å². The van der Waals surface area contributed by atoms with Gasteiger partial charge >= 0.3 is 0 Å². The van der Waals surface area contributed by atoms with Crippen LogP contribution >= 0.6 is 0 Å². The maximum absolute atomic E-state index is 9.51. The van der Waals surface area contributed by atoms with Crippen LogP contribution in [0.2, 0.25) is 0 Å². The molecule has 4 nitrogen and oxygen atoms in total. The largest absolute Gasteiger partial charge is 0.508 e. The third-order valence-corrected chi connectivity index (χ3v) is 4.23. The van der Waals surface area contributed by atoms with Crippen molar-refractivity contribution >= 4 is 11.0 Å². The van der Waals surface area contributed by atoms with Crippen LogP contribution in [0, 0.1) is 0 Å². The molecule has 2 aromatic rings. The molecule has 0 bridgehead atoms. The van der Waals surface area contributed by atoms with Gasteiger partial charge in [0.05, 0.1) is 17.1 Å². The first-order valence-corrected chi connectivity index (χ1v) is 7.09. The summed E-state index contributed by atoms with van der Waals surface area (Å²) < 4.78 is 0. The van der Waals surface area contributed by atoms with Crippen molar-refractivity contribution in [3.63, 3.8) is 0 Å². The van der Waals surface area contributed by atoms with Gasteiger partial charge in [-0.25, -0.2) is 4.98 Å². The molecule has 2 N–H and O–H groups in total. The van der Waals surface area contributed by atoms with Gasteiger partial charge in [0.25, 0.3) is 0 Å². The van der Waals surface area contributed by atoms with Gasteiger partial charge < -0.3 is 10.1 Å². The molecule has 2 heterocycles. The Morgan fingerprint density at radius 2 is 2.26 bits per heavy atom. The molecule has 1 aliphatic heterocycles. The minimum atomic E-state index is 0.279. The number of hydrogen-bond acceptors (Lipinski definition) is 3. The number of imidazole rings is 1. The van der Waals surface area contributed by atoms with Crippen molar-refractivity contribution in [3.8, 4) is 5.75 Å². The van der Waals surface area contributed by atoms with Crippen molar-refractivity contribution in [2.45, 2.75) is 45.2 Å². The van der Waals surface area contributed by atoms with Gasteiger partial charge in [-0.15, -0.1) is 0 Å². The molecular weight excluding hydrogens is 238 g/mol. The standard InChI is InChI=1S/C15H21N3O/c1-10-5-3-4-8-18(10)11(2)15-16-13-7-6-12(19)9-14(13)17-15/h6-7,9-11,19H,3-5,8H2,1-2H3,(H,16,17). The number of piperidine rings is 1. The summed E-state index contributed by atoms with van der Waals surface area (Å²) in [5.41, 5.74) is 1.83. The van der Waals surface area contributed by atoms with Crippen LogP contribution in [0.25, 0.3) is 11.0 Å². The lowest BCUT2D eigenvalue weighted by Gasteiger charge is -2.37. The monoisotopic (exact) mass is 259 g/mol. The molecule has 1 saturated heterocycles. The van der Waals surface area contributed by atoms with E-state index in [0.717, 1.165) is 23.4 Å². The van der Waals surface area contributed by atoms with Gasteiger partial charge in [-0.3, -0.25) is 4.90 Å². The van der Waals surface area contributed by atoms with Gasteiger partial charge in [-0.05, 0) is 45.4 Å². The molecule has 1 fully saturated rings. The highest BCUT2D eigenvalue weighted by molar-refractivity contribution is 5.76. The Morgan fingerprint density at radius 1 is 1.42 bits per heavy atom. The number of aromatic nitrogens is 2. The zero-order chi connectivity index (χ0) is 13.4. The maximum atomic E-state index is 9.51. The van der Waals surface area contributed by atoms with Gasteiger partial charge in [0.1, 0.15) is 11.6 Å². The van der Waals surface area contributed by atoms with Crippen LogP contribution in [0.3, 0.4) is 0 Å². The fourth-order valence-electron chi connectivity index (χ4n) is 3.07. The smallest absolute Gasteiger partial charge is 0.124 e. The Morgan fingerprint density at radius 3 is 3.05 bits per heavy atom. The minimum Gasteiger partial charge on any atom is -0.508 e. The van der Waals surface area contributed by atoms with Crippen LogP contribution < -0.4 is 0 Å². The number of H-pyrrole nitrogens is 1. The molecule has 1 aromatic heterocycles. The maximum Gasteiger partial charge on any atom is 0.124 e. The molecule has 19 heavy (non-hydrogen) atoms. The Hall–Kier alpha value is -1.55. The topological polar surface area (TPSA) is 52.1 Å². The minimum absolute atomic E-state index is 0.279. The zero-order valence-corrected chi connectivity index (χ0v) is 11.6. The van der Waals surface area contributed by atoms with E-state index in [-0.39, 0.29) is 5.75 Å². The number of benzene rings is 1. The van der Waals surface area contributed by atoms with Gasteiger partial charge in [-0.2, -0.15) is 0 Å². The number of nitrogens with one attached hydrogen (secondary N) is 1. The lowest BCUT2D eigenvalue weighted by atomic mass is 10.0. The number of likely N-dealkylation sites (tertiary alicyclic amines) is 1. The first-order valence-electron chi connectivity index (χ1n) is 7.09. The van der Waals surface area contributed by atoms with Crippen molar-refractivity contribution in [2.75, 3.05) is 6.54 Å². The molecule has 1 aromatic carbocycles. The third kappa shape index (κ3) is 2.32. The zero-order valence-electron chi connectivity index (χ0n) is 11.6. The normalized spacial score (nSPS) is 22.7. The van der Waals surface area contributed by atoms with E-state index >= 15 is 0 Å². The lowest BCUT2D eigenvalue weighted by molar-refractivity contribution is 0.110. The van der Waals surface area contributed by atoms with Crippen LogP contribution in [-0.2, 0) is 0 Å². The fourth-order valence-corrected chi connectivity index (χ4v) is 3.07. The Labute approximate surface area is 113 Å². The van der Waals surface area contributed by atoms with E-state index in [2.05, 4.69) is 28.7 Å². The van der Waals surface area contributed by atoms with Crippen LogP contribution in [-0.4, -0.2) is 32.6 Å². The average Bonchev–Trinajstić information content (AvgIpc) is 2.81. The van der Waals surface area contributed by atoms with Crippen molar-refractivity contribution < 1.29 is 5.11 Å². The summed E-state index contributed by atoms with van der Waals surface area (Å²) in [5, 5.41) is 9.51. The average molecular weight is 259 g/mol. The van der Waals surface area contributed by atoms with Gasteiger partial charge in [-0.1, -0.05) is 6.42 Å². The predicted molar refractivity (Wildman–Crippen MR) is 76.2 cm³/mol. The van der Waals surface area contributed by atoms with E-state index in [1.807, 2.05) is 6.07 Å². The number of hydrogen-bond donors (Lipinski definition) is 2. The van der Waals surface area contributed by atoms with Gasteiger partial charge in [0.15, 0.2) is 0 Å². The molecule has 1 aliphatic rings. The summed E-state index contributed by atoms with van der Waals surface area (Å²) in [5.74, 6) is 1.27. The number of aromatic hydroxyl groups is 1. The second kappa shape index (κ2) is 4.85. The molecule has 0 amide bonds. The van der Waals surface area contributed by atoms with Gasteiger partial charge in [0, 0.05) is 12.1 Å². The molecule has 0 spiro atoms. The van der Waals surface area contributed by atoms with Crippen LogP contribution in [0.15, 0.2) is 18.2 Å². The Kier molecular flexibility index (Phi) is 3.19. The number of rotatable bonds is 2. The van der Waals surface area contributed by atoms with Crippen molar-refractivity contribution in [3.05, 3.63) is 24.0 Å². The quantitative estimate of drug-likeness (QED) is 0.870. The molecule has 0 radical (unpaired) electrons. The van der Waals surface area contributed by atoms with Crippen molar-refractivity contribution in [1.82, 2.24) is 14.9 Å². The lowest BCUT2D eigenvalue weighted by Crippen LogP contribution is -2.39. The van der Waals surface area contributed by atoms with E-state index in [1.54, 1.807) is 12.1 Å². The first-order chi connectivity index (χ1) is 9.15. The molecule has 2 unspecified atom stereocenters. The number of phenols is 1. The summed E-state index contributed by atoms with van der Waals surface area (Å²) in [7, 11) is 0. The molecule has 0 saturated carbocycles. The van der Waals surface area contributed by atoms with E-state index in [0.29, 0.717) is 12.1 Å². The van der Waals surface area contributed by atoms with Gasteiger partial charge in [0.2, 0.25) is 0 Å². The number of phenolic OH excluding ortho intramolecular Hbond substituents is 1. The second-order valence-corrected chi connectivity index (χ2v) is 5.58. The SMILES string of the molecule is CC1CCCCN1C(C)c1nc2ccc(O)cc2[nH]1. The first kappa shape index (κ1) is 12.5. The van der Waals surface area contributed by atoms with E-state index < -0.39 is 0 Å². The fraction of sp³-hybridized carbons (Fsp3) is 0.533. The molecule has 0 aliphatic carbocycles. The van der Waals surface area contributed by atoms with Crippen LogP contribution in [0.4, 0.5) is 0 Å². The molecular formula is C15H21N3O. The molecule has 102 valence electrons. The number of aromatic amines is 1. The summed E-state index contributed by atoms with van der Waals surface area (Å²) in [4.78, 5) is 10.5. The number of nitrogens with zero attached hydrogens (tertiary/aromatic N) is 2. The Balaban J connectivity index is 1.90. The highest BCUT2D eigenvalue weighted by Crippen LogP contribution is 2.28. The van der Waals surface area contributed by atoms with Crippen LogP contribution in [0.5, 0.6) is 5.75 Å². The molecule has 4 heteroatoms. The summed E-state index contributed by atoms with van der Waals surface area (Å²) in [6.07, 6.45) is 3.87. The van der Waals surface area contributed by atoms with Crippen molar-refractivity contribution in [1.29, 1.82) is 0 Å². The molecule has 3 rings (SSSR count). The third-order valence-electron chi connectivity index (χ3n) is 4.23. The molecule has 2 atom stereocenters. The number of fused-ring (bicyclic) bond motifs is 1. The van der Waals surface area contributed by atoms with E-state index in [4.69, 9.17) is 0 Å². The van der Waals surface area contributed by atoms with E-state index in [1.165, 1.54) is 19.3 Å². The highest BCUT2D eigenvalue weighted by Gasteiger charge is 2.25. The second-order valence-electron chi connectivity index (χ2n) is 5.58. The summed E-state index contributed by atoms with van der Waals surface area (Å²) in [6.45, 7) is 5.65. The highest BCUT2D eigenvalue weighted by atomic mass is 16.3. The van der Waals surface area contributed by atoms with Crippen LogP contribution in [0.1, 0.15) is 45.0 Å². The summed E-state index contributed by atoms with van der Waals surface area (Å²) in [6, 6.07) is 6.19. The predicted octanol–water partition coefficient (Wildman–Crippen LogP) is 3.20. The summed E-state index contributed by atoms with van der Waals surface area (Å²) >= 11 is 0. The Bertz CT molecular complexity index is 578.